The molecule has 2 rings (SSSR count). The number of likely N-dealkylation sites (N-methyl/N-ethyl adjacent to an activating group) is 1. The summed E-state index contributed by atoms with van der Waals surface area (Å²) in [6, 6.07) is 12.1. The first kappa shape index (κ1) is 16.5. The average molecular weight is 289 g/mol. The van der Waals surface area contributed by atoms with Crippen molar-refractivity contribution < 1.29 is 0 Å². The average Bonchev–Trinajstić information content (AvgIpc) is 2.49. The van der Waals surface area contributed by atoms with E-state index in [-0.39, 0.29) is 0 Å². The Morgan fingerprint density at radius 2 is 1.90 bits per heavy atom. The Morgan fingerprint density at radius 1 is 1.14 bits per heavy atom. The van der Waals surface area contributed by atoms with E-state index in [1.807, 2.05) is 0 Å². The summed E-state index contributed by atoms with van der Waals surface area (Å²) in [5.74, 6) is 0. The van der Waals surface area contributed by atoms with E-state index in [1.165, 1.54) is 38.0 Å². The first-order chi connectivity index (χ1) is 10.2. The van der Waals surface area contributed by atoms with Gasteiger partial charge in [0.1, 0.15) is 0 Å². The molecule has 118 valence electrons. The molecule has 0 amide bonds. The zero-order chi connectivity index (χ0) is 15.1. The lowest BCUT2D eigenvalue weighted by molar-refractivity contribution is 0.0882. The lowest BCUT2D eigenvalue weighted by Gasteiger charge is -2.40. The van der Waals surface area contributed by atoms with Crippen molar-refractivity contribution in [2.24, 2.45) is 0 Å². The molecular formula is C18H31N3. The van der Waals surface area contributed by atoms with Crippen LogP contribution in [0.2, 0.25) is 0 Å². The Morgan fingerprint density at radius 3 is 2.62 bits per heavy atom. The molecule has 0 saturated carbocycles. The van der Waals surface area contributed by atoms with E-state index in [1.54, 1.807) is 0 Å². The molecule has 1 aromatic rings. The zero-order valence-electron chi connectivity index (χ0n) is 13.9. The number of unbranched alkanes of at least 4 members (excludes halogenated alkanes) is 1. The van der Waals surface area contributed by atoms with Crippen LogP contribution in [0.1, 0.15) is 38.3 Å². The van der Waals surface area contributed by atoms with Crippen LogP contribution in [-0.4, -0.2) is 55.6 Å². The standard InChI is InChI=1S/C18H31N3/c1-16(2)19-11-7-8-12-21-14-13-20(3)15-18(21)17-9-5-4-6-10-17/h4-6,9-10,16,18-19H,7-8,11-15H2,1-3H3. The maximum Gasteiger partial charge on any atom is 0.0475 e. The Bertz CT molecular complexity index is 391. The summed E-state index contributed by atoms with van der Waals surface area (Å²) in [5, 5.41) is 3.51. The van der Waals surface area contributed by atoms with E-state index in [4.69, 9.17) is 0 Å². The van der Waals surface area contributed by atoms with E-state index in [0.717, 1.165) is 13.1 Å². The maximum atomic E-state index is 3.51. The van der Waals surface area contributed by atoms with E-state index in [2.05, 4.69) is 66.3 Å². The van der Waals surface area contributed by atoms with Crippen LogP contribution in [-0.2, 0) is 0 Å². The minimum Gasteiger partial charge on any atom is -0.315 e. The van der Waals surface area contributed by atoms with Gasteiger partial charge in [-0.3, -0.25) is 4.90 Å². The molecule has 21 heavy (non-hydrogen) atoms. The molecule has 3 nitrogen and oxygen atoms in total. The summed E-state index contributed by atoms with van der Waals surface area (Å²) in [5.41, 5.74) is 1.46. The van der Waals surface area contributed by atoms with Crippen molar-refractivity contribution in [3.8, 4) is 0 Å². The largest absolute Gasteiger partial charge is 0.315 e. The number of nitrogens with zero attached hydrogens (tertiary/aromatic N) is 2. The van der Waals surface area contributed by atoms with Gasteiger partial charge in [0, 0.05) is 31.7 Å². The van der Waals surface area contributed by atoms with Crippen LogP contribution in [0.3, 0.4) is 0 Å². The van der Waals surface area contributed by atoms with Crippen molar-refractivity contribution in [2.45, 2.75) is 38.8 Å². The first-order valence-corrected chi connectivity index (χ1v) is 8.37. The highest BCUT2D eigenvalue weighted by Crippen LogP contribution is 2.24. The molecule has 1 unspecified atom stereocenters. The normalized spacial score (nSPS) is 21.0. The predicted octanol–water partition coefficient (Wildman–Crippen LogP) is 2.75. The fraction of sp³-hybridized carbons (Fsp3) is 0.667. The van der Waals surface area contributed by atoms with E-state index in [0.29, 0.717) is 12.1 Å². The molecule has 1 aliphatic heterocycles. The van der Waals surface area contributed by atoms with E-state index in [9.17, 15) is 0 Å². The number of hydrogen-bond donors (Lipinski definition) is 1. The molecule has 0 aliphatic carbocycles. The van der Waals surface area contributed by atoms with Gasteiger partial charge in [0.05, 0.1) is 0 Å². The van der Waals surface area contributed by atoms with Crippen LogP contribution in [0, 0.1) is 0 Å². The molecule has 1 aliphatic rings. The molecule has 1 saturated heterocycles. The predicted molar refractivity (Wildman–Crippen MR) is 90.6 cm³/mol. The van der Waals surface area contributed by atoms with Crippen LogP contribution in [0.4, 0.5) is 0 Å². The third-order valence-corrected chi connectivity index (χ3v) is 4.30. The summed E-state index contributed by atoms with van der Waals surface area (Å²) in [7, 11) is 2.24. The Hall–Kier alpha value is -0.900. The minimum atomic E-state index is 0.558. The highest BCUT2D eigenvalue weighted by Gasteiger charge is 2.25. The monoisotopic (exact) mass is 289 g/mol. The topological polar surface area (TPSA) is 18.5 Å². The van der Waals surface area contributed by atoms with Crippen LogP contribution in [0.15, 0.2) is 30.3 Å². The summed E-state index contributed by atoms with van der Waals surface area (Å²) >= 11 is 0. The van der Waals surface area contributed by atoms with Crippen molar-refractivity contribution in [2.75, 3.05) is 39.8 Å². The lowest BCUT2D eigenvalue weighted by Crippen LogP contribution is -2.47. The fourth-order valence-corrected chi connectivity index (χ4v) is 3.05. The number of benzene rings is 1. The number of rotatable bonds is 7. The van der Waals surface area contributed by atoms with E-state index < -0.39 is 0 Å². The van der Waals surface area contributed by atoms with Gasteiger partial charge in [-0.2, -0.15) is 0 Å². The fourth-order valence-electron chi connectivity index (χ4n) is 3.05. The van der Waals surface area contributed by atoms with Gasteiger partial charge >= 0.3 is 0 Å². The number of nitrogens with one attached hydrogen (secondary N) is 1. The van der Waals surface area contributed by atoms with Gasteiger partial charge in [0.25, 0.3) is 0 Å². The minimum absolute atomic E-state index is 0.558. The Balaban J connectivity index is 1.84. The van der Waals surface area contributed by atoms with Gasteiger partial charge in [-0.1, -0.05) is 44.2 Å². The third kappa shape index (κ3) is 5.42. The van der Waals surface area contributed by atoms with Crippen molar-refractivity contribution in [3.63, 3.8) is 0 Å². The Labute approximate surface area is 130 Å². The molecule has 1 atom stereocenters. The SMILES string of the molecule is CC(C)NCCCCN1CCN(C)CC1c1ccccc1. The molecule has 1 aromatic carbocycles. The van der Waals surface area contributed by atoms with Gasteiger partial charge < -0.3 is 10.2 Å². The summed E-state index contributed by atoms with van der Waals surface area (Å²) in [6.45, 7) is 10.3. The molecular weight excluding hydrogens is 258 g/mol. The van der Waals surface area contributed by atoms with Gasteiger partial charge in [-0.15, -0.1) is 0 Å². The van der Waals surface area contributed by atoms with Crippen molar-refractivity contribution >= 4 is 0 Å². The van der Waals surface area contributed by atoms with Gasteiger partial charge in [0.2, 0.25) is 0 Å². The second-order valence-electron chi connectivity index (χ2n) is 6.54. The first-order valence-electron chi connectivity index (χ1n) is 8.37. The molecule has 1 heterocycles. The van der Waals surface area contributed by atoms with Crippen LogP contribution >= 0.6 is 0 Å². The highest BCUT2D eigenvalue weighted by atomic mass is 15.3. The van der Waals surface area contributed by atoms with Gasteiger partial charge in [-0.05, 0) is 38.5 Å². The molecule has 0 bridgehead atoms. The summed E-state index contributed by atoms with van der Waals surface area (Å²) in [4.78, 5) is 5.12. The van der Waals surface area contributed by atoms with Crippen molar-refractivity contribution in [3.05, 3.63) is 35.9 Å². The summed E-state index contributed by atoms with van der Waals surface area (Å²) < 4.78 is 0. The molecule has 0 spiro atoms. The van der Waals surface area contributed by atoms with Crippen molar-refractivity contribution in [1.82, 2.24) is 15.1 Å². The molecule has 0 aromatic heterocycles. The molecule has 1 fully saturated rings. The van der Waals surface area contributed by atoms with Crippen LogP contribution in [0.25, 0.3) is 0 Å². The highest BCUT2D eigenvalue weighted by molar-refractivity contribution is 5.20. The number of piperazine rings is 1. The lowest BCUT2D eigenvalue weighted by atomic mass is 10.0. The second kappa shape index (κ2) is 8.52. The number of hydrogen-bond acceptors (Lipinski definition) is 3. The van der Waals surface area contributed by atoms with Gasteiger partial charge in [0.15, 0.2) is 0 Å². The van der Waals surface area contributed by atoms with Gasteiger partial charge in [-0.25, -0.2) is 0 Å². The van der Waals surface area contributed by atoms with Crippen LogP contribution in [0.5, 0.6) is 0 Å². The van der Waals surface area contributed by atoms with Crippen molar-refractivity contribution in [1.29, 1.82) is 0 Å². The second-order valence-corrected chi connectivity index (χ2v) is 6.54. The smallest absolute Gasteiger partial charge is 0.0475 e. The third-order valence-electron chi connectivity index (χ3n) is 4.30. The zero-order valence-corrected chi connectivity index (χ0v) is 13.9. The van der Waals surface area contributed by atoms with Crippen LogP contribution < -0.4 is 5.32 Å². The van der Waals surface area contributed by atoms with E-state index >= 15 is 0 Å². The summed E-state index contributed by atoms with van der Waals surface area (Å²) in [6.07, 6.45) is 2.55. The molecule has 0 radical (unpaired) electrons. The molecule has 3 heteroatoms. The maximum absolute atomic E-state index is 3.51. The Kier molecular flexibility index (Phi) is 6.68. The quantitative estimate of drug-likeness (QED) is 0.779. The molecule has 1 N–H and O–H groups in total.